The number of carbonyl (C=O) groups excluding carboxylic acids is 1. The van der Waals surface area contributed by atoms with Crippen molar-refractivity contribution in [3.8, 4) is 0 Å². The quantitative estimate of drug-likeness (QED) is 0.744. The number of ketones is 1. The van der Waals surface area contributed by atoms with Crippen LogP contribution in [0.1, 0.15) is 54.4 Å². The third kappa shape index (κ3) is 3.35. The predicted molar refractivity (Wildman–Crippen MR) is 94.5 cm³/mol. The van der Waals surface area contributed by atoms with Crippen LogP contribution >= 0.6 is 0 Å². The Morgan fingerprint density at radius 2 is 1.48 bits per heavy atom. The molecule has 0 saturated carbocycles. The van der Waals surface area contributed by atoms with Crippen LogP contribution in [0.4, 0.5) is 0 Å². The Hall–Kier alpha value is -2.00. The largest absolute Gasteiger partial charge is 0.396 e. The summed E-state index contributed by atoms with van der Waals surface area (Å²) in [4.78, 5) is 17.2. The van der Waals surface area contributed by atoms with Crippen molar-refractivity contribution in [1.82, 2.24) is 0 Å². The summed E-state index contributed by atoms with van der Waals surface area (Å²) in [5.41, 5.74) is 2.42. The maximum atomic E-state index is 12.6. The number of aliphatic imine (C=N–C) groups is 1. The summed E-state index contributed by atoms with van der Waals surface area (Å²) >= 11 is 0. The smallest absolute Gasteiger partial charge is 0.212 e. The van der Waals surface area contributed by atoms with Gasteiger partial charge in [-0.05, 0) is 18.2 Å². The molecule has 1 aliphatic rings. The van der Waals surface area contributed by atoms with Crippen molar-refractivity contribution in [2.75, 3.05) is 13.2 Å². The molecule has 0 saturated heterocycles. The molecular formula is C20H23NO2. The van der Waals surface area contributed by atoms with E-state index in [1.54, 1.807) is 0 Å². The molecular weight excluding hydrogens is 286 g/mol. The zero-order valence-electron chi connectivity index (χ0n) is 13.4. The van der Waals surface area contributed by atoms with E-state index in [4.69, 9.17) is 5.11 Å². The van der Waals surface area contributed by atoms with Crippen LogP contribution in [0.5, 0.6) is 0 Å². The first-order valence-electron chi connectivity index (χ1n) is 8.55. The van der Waals surface area contributed by atoms with Crippen LogP contribution in [-0.4, -0.2) is 29.8 Å². The first-order chi connectivity index (χ1) is 11.3. The minimum Gasteiger partial charge on any atom is -0.396 e. The summed E-state index contributed by atoms with van der Waals surface area (Å²) in [5, 5.41) is 10.9. The lowest BCUT2D eigenvalue weighted by Gasteiger charge is -2.01. The van der Waals surface area contributed by atoms with Crippen LogP contribution in [0.2, 0.25) is 0 Å². The summed E-state index contributed by atoms with van der Waals surface area (Å²) in [5.74, 6) is 0.0692. The average molecular weight is 309 g/mol. The van der Waals surface area contributed by atoms with Gasteiger partial charge in [0.25, 0.3) is 0 Å². The second-order valence-corrected chi connectivity index (χ2v) is 6.11. The molecule has 0 fully saturated rings. The van der Waals surface area contributed by atoms with Crippen molar-refractivity contribution in [1.29, 1.82) is 0 Å². The number of rotatable bonds is 8. The third-order valence-corrected chi connectivity index (χ3v) is 4.46. The molecule has 0 heterocycles. The summed E-state index contributed by atoms with van der Waals surface area (Å²) in [6.45, 7) is 1.01. The Morgan fingerprint density at radius 3 is 2.22 bits per heavy atom. The van der Waals surface area contributed by atoms with E-state index in [2.05, 4.69) is 4.99 Å². The minimum atomic E-state index is 0.0692. The Labute approximate surface area is 137 Å². The zero-order chi connectivity index (χ0) is 16.1. The highest BCUT2D eigenvalue weighted by atomic mass is 16.2. The third-order valence-electron chi connectivity index (χ3n) is 4.46. The maximum absolute atomic E-state index is 12.6. The lowest BCUT2D eigenvalue weighted by atomic mass is 10.1. The van der Waals surface area contributed by atoms with E-state index in [-0.39, 0.29) is 5.78 Å². The van der Waals surface area contributed by atoms with Gasteiger partial charge in [0, 0.05) is 29.7 Å². The van der Waals surface area contributed by atoms with Crippen LogP contribution < -0.4 is 0 Å². The van der Waals surface area contributed by atoms with Crippen molar-refractivity contribution >= 4 is 22.3 Å². The van der Waals surface area contributed by atoms with E-state index in [9.17, 15) is 4.79 Å². The Morgan fingerprint density at radius 1 is 0.826 bits per heavy atom. The van der Waals surface area contributed by atoms with E-state index >= 15 is 0 Å². The van der Waals surface area contributed by atoms with E-state index in [1.807, 2.05) is 36.4 Å². The second-order valence-electron chi connectivity index (χ2n) is 6.11. The van der Waals surface area contributed by atoms with Gasteiger partial charge >= 0.3 is 0 Å². The monoisotopic (exact) mass is 309 g/mol. The van der Waals surface area contributed by atoms with Gasteiger partial charge in [0.2, 0.25) is 5.78 Å². The number of carbonyl (C=O) groups is 1. The predicted octanol–water partition coefficient (Wildman–Crippen LogP) is 4.16. The van der Waals surface area contributed by atoms with Crippen molar-refractivity contribution in [2.45, 2.75) is 38.5 Å². The lowest BCUT2D eigenvalue weighted by Crippen LogP contribution is -2.09. The number of nitrogens with zero attached hydrogens (tertiary/aromatic N) is 1. The molecule has 1 aliphatic carbocycles. The number of Topliss-reactive ketones (excluding diaryl/α,β-unsaturated/α-hetero) is 1. The summed E-state index contributed by atoms with van der Waals surface area (Å²) in [6, 6.07) is 11.9. The lowest BCUT2D eigenvalue weighted by molar-refractivity contribution is 0.107. The minimum absolute atomic E-state index is 0.0692. The second kappa shape index (κ2) is 7.51. The normalized spacial score (nSPS) is 15.0. The van der Waals surface area contributed by atoms with Crippen LogP contribution in [0.3, 0.4) is 0 Å². The van der Waals surface area contributed by atoms with Gasteiger partial charge in [-0.3, -0.25) is 9.79 Å². The molecule has 0 bridgehead atoms. The number of benzene rings is 2. The molecule has 0 aromatic heterocycles. The molecule has 0 unspecified atom stereocenters. The number of hydrogen-bond donors (Lipinski definition) is 1. The maximum Gasteiger partial charge on any atom is 0.212 e. The standard InChI is InChI=1S/C20H23NO2/c22-14-6-4-2-1-3-5-13-21-19-16-11-7-9-15-10-8-12-17(18(15)16)20(19)23/h7-12,22H,1-6,13-14H2. The molecule has 2 aromatic rings. The first kappa shape index (κ1) is 15.9. The molecule has 0 spiro atoms. The van der Waals surface area contributed by atoms with E-state index in [0.717, 1.165) is 47.6 Å². The molecule has 0 atom stereocenters. The molecule has 120 valence electrons. The van der Waals surface area contributed by atoms with Gasteiger partial charge in [0.1, 0.15) is 5.71 Å². The van der Waals surface area contributed by atoms with Gasteiger partial charge in [0.15, 0.2) is 0 Å². The van der Waals surface area contributed by atoms with Gasteiger partial charge in [-0.15, -0.1) is 0 Å². The molecule has 0 radical (unpaired) electrons. The summed E-state index contributed by atoms with van der Waals surface area (Å²) in [7, 11) is 0. The van der Waals surface area contributed by atoms with Crippen LogP contribution in [-0.2, 0) is 0 Å². The van der Waals surface area contributed by atoms with Gasteiger partial charge in [-0.1, -0.05) is 62.1 Å². The first-order valence-corrected chi connectivity index (χ1v) is 8.55. The summed E-state index contributed by atoms with van der Waals surface area (Å²) in [6.07, 6.45) is 6.49. The zero-order valence-corrected chi connectivity index (χ0v) is 13.4. The molecule has 23 heavy (non-hydrogen) atoms. The van der Waals surface area contributed by atoms with Crippen molar-refractivity contribution in [3.05, 3.63) is 47.5 Å². The van der Waals surface area contributed by atoms with Crippen LogP contribution in [0.15, 0.2) is 41.4 Å². The fourth-order valence-corrected chi connectivity index (χ4v) is 3.26. The van der Waals surface area contributed by atoms with E-state index in [1.165, 1.54) is 12.8 Å². The number of aliphatic hydroxyl groups is 1. The highest BCUT2D eigenvalue weighted by Crippen LogP contribution is 2.31. The number of unbranched alkanes of at least 4 members (excludes halogenated alkanes) is 5. The highest BCUT2D eigenvalue weighted by molar-refractivity contribution is 6.59. The summed E-state index contributed by atoms with van der Waals surface area (Å²) < 4.78 is 0. The van der Waals surface area contributed by atoms with Crippen LogP contribution in [0, 0.1) is 0 Å². The average Bonchev–Trinajstić information content (AvgIpc) is 2.85. The SMILES string of the molecule is O=C1C(=NCCCCCCCCO)c2cccc3cccc1c23. The van der Waals surface area contributed by atoms with Crippen molar-refractivity contribution in [3.63, 3.8) is 0 Å². The van der Waals surface area contributed by atoms with Crippen molar-refractivity contribution in [2.24, 2.45) is 4.99 Å². The van der Waals surface area contributed by atoms with E-state index in [0.29, 0.717) is 18.9 Å². The van der Waals surface area contributed by atoms with Gasteiger partial charge in [0.05, 0.1) is 0 Å². The van der Waals surface area contributed by atoms with Crippen LogP contribution in [0.25, 0.3) is 10.8 Å². The van der Waals surface area contributed by atoms with Gasteiger partial charge in [-0.25, -0.2) is 0 Å². The van der Waals surface area contributed by atoms with Gasteiger partial charge in [-0.2, -0.15) is 0 Å². The highest BCUT2D eigenvalue weighted by Gasteiger charge is 2.27. The molecule has 0 amide bonds. The Bertz CT molecular complexity index is 728. The fourth-order valence-electron chi connectivity index (χ4n) is 3.26. The Kier molecular flexibility index (Phi) is 5.19. The molecule has 1 N–H and O–H groups in total. The molecule has 3 nitrogen and oxygen atoms in total. The van der Waals surface area contributed by atoms with Crippen molar-refractivity contribution < 1.29 is 9.90 Å². The molecule has 2 aromatic carbocycles. The topological polar surface area (TPSA) is 49.7 Å². The fraction of sp³-hybridized carbons (Fsp3) is 0.400. The molecule has 3 heteroatoms. The Balaban J connectivity index is 1.62. The number of aliphatic hydroxyl groups excluding tert-OH is 1. The van der Waals surface area contributed by atoms with Gasteiger partial charge < -0.3 is 5.11 Å². The number of hydrogen-bond acceptors (Lipinski definition) is 3. The molecule has 3 rings (SSSR count). The molecule has 0 aliphatic heterocycles. The van der Waals surface area contributed by atoms with E-state index < -0.39 is 0 Å².